The normalized spacial score (nSPS) is 14.7. The predicted molar refractivity (Wildman–Crippen MR) is 56.4 cm³/mol. The van der Waals surface area contributed by atoms with Crippen molar-refractivity contribution < 1.29 is 10.3 Å². The van der Waals surface area contributed by atoms with Crippen LogP contribution in [0.5, 0.6) is 0 Å². The Balaban J connectivity index is 4.40. The first-order chi connectivity index (χ1) is 6.71. The van der Waals surface area contributed by atoms with E-state index >= 15 is 0 Å². The minimum Gasteiger partial charge on any atom is -0.409 e. The molecule has 0 saturated carbocycles. The van der Waals surface area contributed by atoms with Gasteiger partial charge in [0, 0.05) is 6.54 Å². The number of nitrogens with two attached hydrogens (primary N) is 1. The number of hydrogen-bond donors (Lipinski definition) is 3. The van der Waals surface area contributed by atoms with Crippen molar-refractivity contribution in [2.24, 2.45) is 10.9 Å². The maximum absolute atomic E-state index is 8.88. The summed E-state index contributed by atoms with van der Waals surface area (Å²) in [5, 5.41) is 20.5. The Morgan fingerprint density at radius 1 is 1.43 bits per heavy atom. The second-order valence-corrected chi connectivity index (χ2v) is 3.21. The van der Waals surface area contributed by atoms with Gasteiger partial charge in [-0.05, 0) is 19.4 Å². The van der Waals surface area contributed by atoms with E-state index < -0.39 is 0 Å². The number of aliphatic hydroxyl groups excluding tert-OH is 1. The van der Waals surface area contributed by atoms with E-state index in [4.69, 9.17) is 16.0 Å². The molecule has 14 heavy (non-hydrogen) atoms. The van der Waals surface area contributed by atoms with Crippen molar-refractivity contribution in [1.29, 1.82) is 0 Å². The van der Waals surface area contributed by atoms with Crippen molar-refractivity contribution >= 4 is 5.84 Å². The molecule has 0 bridgehead atoms. The molecule has 0 saturated heterocycles. The first-order valence-corrected chi connectivity index (χ1v) is 5.03. The lowest BCUT2D eigenvalue weighted by molar-refractivity contribution is 0.172. The standard InChI is InChI=1S/C9H21N3O2/c1-3-5-12(6-7-13)8(4-2)9(10)11-14/h8,13-14H,3-7H2,1-2H3,(H2,10,11). The van der Waals surface area contributed by atoms with E-state index in [-0.39, 0.29) is 18.5 Å². The van der Waals surface area contributed by atoms with Crippen LogP contribution in [0.15, 0.2) is 5.16 Å². The number of oxime groups is 1. The highest BCUT2D eigenvalue weighted by atomic mass is 16.4. The molecule has 0 radical (unpaired) electrons. The fraction of sp³-hybridized carbons (Fsp3) is 0.889. The first kappa shape index (κ1) is 13.2. The molecule has 4 N–H and O–H groups in total. The molecule has 5 heteroatoms. The average Bonchev–Trinajstić information content (AvgIpc) is 2.19. The van der Waals surface area contributed by atoms with Gasteiger partial charge in [-0.2, -0.15) is 0 Å². The highest BCUT2D eigenvalue weighted by Crippen LogP contribution is 2.05. The molecule has 0 fully saturated rings. The molecule has 1 atom stereocenters. The maximum atomic E-state index is 8.88. The Kier molecular flexibility index (Phi) is 7.14. The van der Waals surface area contributed by atoms with Gasteiger partial charge in [-0.25, -0.2) is 0 Å². The van der Waals surface area contributed by atoms with Crippen molar-refractivity contribution in [1.82, 2.24) is 4.90 Å². The second-order valence-electron chi connectivity index (χ2n) is 3.21. The molecular formula is C9H21N3O2. The van der Waals surface area contributed by atoms with Crippen LogP contribution in [0.3, 0.4) is 0 Å². The molecule has 0 aliphatic rings. The molecule has 0 aromatic rings. The monoisotopic (exact) mass is 203 g/mol. The molecule has 0 rings (SSSR count). The Bertz CT molecular complexity index is 167. The smallest absolute Gasteiger partial charge is 0.156 e. The zero-order valence-electron chi connectivity index (χ0n) is 8.98. The number of aliphatic hydroxyl groups is 1. The molecule has 0 aliphatic heterocycles. The van der Waals surface area contributed by atoms with Gasteiger partial charge in [0.2, 0.25) is 0 Å². The average molecular weight is 203 g/mol. The van der Waals surface area contributed by atoms with Gasteiger partial charge in [-0.15, -0.1) is 0 Å². The summed E-state index contributed by atoms with van der Waals surface area (Å²) in [7, 11) is 0. The van der Waals surface area contributed by atoms with Gasteiger partial charge in [0.1, 0.15) is 0 Å². The lowest BCUT2D eigenvalue weighted by atomic mass is 10.1. The van der Waals surface area contributed by atoms with Crippen LogP contribution in [0.2, 0.25) is 0 Å². The third kappa shape index (κ3) is 3.93. The Morgan fingerprint density at radius 2 is 2.07 bits per heavy atom. The summed E-state index contributed by atoms with van der Waals surface area (Å²) in [6.07, 6.45) is 1.76. The number of rotatable bonds is 7. The molecule has 0 heterocycles. The van der Waals surface area contributed by atoms with Crippen LogP contribution in [0.1, 0.15) is 26.7 Å². The zero-order chi connectivity index (χ0) is 11.0. The number of nitrogens with zero attached hydrogens (tertiary/aromatic N) is 2. The van der Waals surface area contributed by atoms with Crippen LogP contribution in [0.4, 0.5) is 0 Å². The summed E-state index contributed by atoms with van der Waals surface area (Å²) in [6.45, 7) is 5.53. The molecule has 84 valence electrons. The van der Waals surface area contributed by atoms with Crippen LogP contribution in [0.25, 0.3) is 0 Å². The van der Waals surface area contributed by atoms with Crippen LogP contribution in [-0.2, 0) is 0 Å². The largest absolute Gasteiger partial charge is 0.409 e. The summed E-state index contributed by atoms with van der Waals surface area (Å²) in [5.74, 6) is 0.217. The summed E-state index contributed by atoms with van der Waals surface area (Å²) in [6, 6.07) is -0.0768. The predicted octanol–water partition coefficient (Wildman–Crippen LogP) is 0.216. The van der Waals surface area contributed by atoms with Gasteiger partial charge < -0.3 is 16.0 Å². The van der Waals surface area contributed by atoms with Gasteiger partial charge in [-0.3, -0.25) is 4.90 Å². The summed E-state index contributed by atoms with van der Waals surface area (Å²) in [4.78, 5) is 2.02. The van der Waals surface area contributed by atoms with Crippen LogP contribution >= 0.6 is 0 Å². The van der Waals surface area contributed by atoms with Crippen molar-refractivity contribution in [2.45, 2.75) is 32.7 Å². The van der Waals surface area contributed by atoms with Gasteiger partial charge in [0.05, 0.1) is 12.6 Å². The summed E-state index contributed by atoms with van der Waals surface area (Å²) in [5.41, 5.74) is 5.57. The minimum absolute atomic E-state index is 0.0768. The SMILES string of the molecule is CCCN(CCO)C(CC)C(N)=NO. The molecule has 0 amide bonds. The van der Waals surface area contributed by atoms with E-state index in [1.54, 1.807) is 0 Å². The van der Waals surface area contributed by atoms with Crippen molar-refractivity contribution in [2.75, 3.05) is 19.7 Å². The molecule has 0 aromatic heterocycles. The summed E-state index contributed by atoms with van der Waals surface area (Å²) < 4.78 is 0. The van der Waals surface area contributed by atoms with Gasteiger partial charge in [0.15, 0.2) is 5.84 Å². The van der Waals surface area contributed by atoms with Gasteiger partial charge in [-0.1, -0.05) is 19.0 Å². The molecular weight excluding hydrogens is 182 g/mol. The molecule has 1 unspecified atom stereocenters. The molecule has 0 aromatic carbocycles. The summed E-state index contributed by atoms with van der Waals surface area (Å²) >= 11 is 0. The Labute approximate surface area is 85.2 Å². The lowest BCUT2D eigenvalue weighted by Gasteiger charge is -2.28. The van der Waals surface area contributed by atoms with Gasteiger partial charge >= 0.3 is 0 Å². The third-order valence-corrected chi connectivity index (χ3v) is 2.18. The Morgan fingerprint density at radius 3 is 2.43 bits per heavy atom. The van der Waals surface area contributed by atoms with Crippen molar-refractivity contribution in [3.05, 3.63) is 0 Å². The highest BCUT2D eigenvalue weighted by molar-refractivity contribution is 5.85. The first-order valence-electron chi connectivity index (χ1n) is 5.03. The van der Waals surface area contributed by atoms with Gasteiger partial charge in [0.25, 0.3) is 0 Å². The highest BCUT2D eigenvalue weighted by Gasteiger charge is 2.19. The third-order valence-electron chi connectivity index (χ3n) is 2.18. The number of hydrogen-bond acceptors (Lipinski definition) is 4. The minimum atomic E-state index is -0.0768. The van der Waals surface area contributed by atoms with E-state index in [1.807, 2.05) is 11.8 Å². The van der Waals surface area contributed by atoms with Crippen LogP contribution < -0.4 is 5.73 Å². The van der Waals surface area contributed by atoms with E-state index in [9.17, 15) is 0 Å². The van der Waals surface area contributed by atoms with Crippen LogP contribution in [-0.4, -0.2) is 46.8 Å². The fourth-order valence-corrected chi connectivity index (χ4v) is 1.56. The second kappa shape index (κ2) is 7.58. The maximum Gasteiger partial charge on any atom is 0.156 e. The number of amidine groups is 1. The molecule has 5 nitrogen and oxygen atoms in total. The quantitative estimate of drug-likeness (QED) is 0.239. The molecule has 0 spiro atoms. The van der Waals surface area contributed by atoms with E-state index in [0.29, 0.717) is 6.54 Å². The van der Waals surface area contributed by atoms with Crippen LogP contribution in [0, 0.1) is 0 Å². The fourth-order valence-electron chi connectivity index (χ4n) is 1.56. The van der Waals surface area contributed by atoms with E-state index in [1.165, 1.54) is 0 Å². The lowest BCUT2D eigenvalue weighted by Crippen LogP contribution is -2.46. The molecule has 0 aliphatic carbocycles. The van der Waals surface area contributed by atoms with Crippen molar-refractivity contribution in [3.8, 4) is 0 Å². The van der Waals surface area contributed by atoms with E-state index in [2.05, 4.69) is 12.1 Å². The topological polar surface area (TPSA) is 82.1 Å². The Hall–Kier alpha value is -0.810. The van der Waals surface area contributed by atoms with E-state index in [0.717, 1.165) is 19.4 Å². The van der Waals surface area contributed by atoms with Crippen molar-refractivity contribution in [3.63, 3.8) is 0 Å². The zero-order valence-corrected chi connectivity index (χ0v) is 8.98.